The van der Waals surface area contributed by atoms with Gasteiger partial charge >= 0.3 is 0 Å². The SMILES string of the molecule is CCN(C(=O)CSc1ccc(Br)cc1)C1CCS(=O)(=O)C1. The van der Waals surface area contributed by atoms with Crippen LogP contribution in [0.2, 0.25) is 0 Å². The first-order valence-corrected chi connectivity index (χ1v) is 10.4. The molecule has 1 atom stereocenters. The van der Waals surface area contributed by atoms with Crippen molar-refractivity contribution in [2.24, 2.45) is 0 Å². The van der Waals surface area contributed by atoms with Crippen LogP contribution in [0.5, 0.6) is 0 Å². The molecule has 1 unspecified atom stereocenters. The Kier molecular flexibility index (Phi) is 5.73. The lowest BCUT2D eigenvalue weighted by Gasteiger charge is -2.26. The number of thioether (sulfide) groups is 1. The predicted molar refractivity (Wildman–Crippen MR) is 89.3 cm³/mol. The van der Waals surface area contributed by atoms with Crippen molar-refractivity contribution in [1.82, 2.24) is 4.90 Å². The molecule has 1 aromatic carbocycles. The van der Waals surface area contributed by atoms with Crippen molar-refractivity contribution in [2.75, 3.05) is 23.8 Å². The van der Waals surface area contributed by atoms with Gasteiger partial charge in [-0.05, 0) is 37.6 Å². The maximum absolute atomic E-state index is 12.3. The summed E-state index contributed by atoms with van der Waals surface area (Å²) >= 11 is 4.85. The van der Waals surface area contributed by atoms with Crippen LogP contribution in [0.3, 0.4) is 0 Å². The molecule has 1 aromatic rings. The number of amides is 1. The van der Waals surface area contributed by atoms with Gasteiger partial charge in [-0.1, -0.05) is 15.9 Å². The fourth-order valence-electron chi connectivity index (χ4n) is 2.42. The zero-order valence-electron chi connectivity index (χ0n) is 11.8. The van der Waals surface area contributed by atoms with Crippen molar-refractivity contribution in [1.29, 1.82) is 0 Å². The molecule has 7 heteroatoms. The van der Waals surface area contributed by atoms with Crippen molar-refractivity contribution in [3.8, 4) is 0 Å². The third-order valence-electron chi connectivity index (χ3n) is 3.49. The minimum atomic E-state index is -2.96. The van der Waals surface area contributed by atoms with E-state index in [4.69, 9.17) is 0 Å². The van der Waals surface area contributed by atoms with Crippen molar-refractivity contribution in [3.05, 3.63) is 28.7 Å². The first kappa shape index (κ1) is 16.8. The van der Waals surface area contributed by atoms with Gasteiger partial charge in [0, 0.05) is 22.0 Å². The molecule has 0 bridgehead atoms. The first-order chi connectivity index (χ1) is 9.91. The number of hydrogen-bond donors (Lipinski definition) is 0. The van der Waals surface area contributed by atoms with Crippen LogP contribution in [-0.2, 0) is 14.6 Å². The van der Waals surface area contributed by atoms with Crippen LogP contribution < -0.4 is 0 Å². The molecule has 0 aliphatic carbocycles. The van der Waals surface area contributed by atoms with Crippen LogP contribution in [-0.4, -0.2) is 49.1 Å². The van der Waals surface area contributed by atoms with Gasteiger partial charge in [0.1, 0.15) is 0 Å². The maximum Gasteiger partial charge on any atom is 0.233 e. The number of hydrogen-bond acceptors (Lipinski definition) is 4. The summed E-state index contributed by atoms with van der Waals surface area (Å²) in [7, 11) is -2.96. The highest BCUT2D eigenvalue weighted by atomic mass is 79.9. The molecule has 4 nitrogen and oxygen atoms in total. The second-order valence-electron chi connectivity index (χ2n) is 4.98. The van der Waals surface area contributed by atoms with Gasteiger partial charge in [-0.15, -0.1) is 11.8 Å². The van der Waals surface area contributed by atoms with Crippen molar-refractivity contribution in [3.63, 3.8) is 0 Å². The number of benzene rings is 1. The normalized spacial score (nSPS) is 20.4. The molecular weight excluding hydrogens is 374 g/mol. The average molecular weight is 392 g/mol. The Morgan fingerprint density at radius 2 is 2.05 bits per heavy atom. The van der Waals surface area contributed by atoms with E-state index in [9.17, 15) is 13.2 Å². The number of rotatable bonds is 5. The quantitative estimate of drug-likeness (QED) is 0.723. The molecule has 1 heterocycles. The topological polar surface area (TPSA) is 54.5 Å². The molecule has 21 heavy (non-hydrogen) atoms. The standard InChI is InChI=1S/C14H18BrNO3S2/c1-2-16(12-7-8-21(18,19)10-12)14(17)9-20-13-5-3-11(15)4-6-13/h3-6,12H,2,7-10H2,1H3. The third kappa shape index (κ3) is 4.72. The Morgan fingerprint density at radius 3 is 2.57 bits per heavy atom. The zero-order chi connectivity index (χ0) is 15.5. The van der Waals surface area contributed by atoms with Crippen LogP contribution in [0.4, 0.5) is 0 Å². The van der Waals surface area contributed by atoms with Crippen molar-refractivity contribution < 1.29 is 13.2 Å². The molecule has 1 fully saturated rings. The van der Waals surface area contributed by atoms with E-state index in [1.165, 1.54) is 11.8 Å². The minimum Gasteiger partial charge on any atom is -0.338 e. The van der Waals surface area contributed by atoms with Crippen molar-refractivity contribution in [2.45, 2.75) is 24.3 Å². The van der Waals surface area contributed by atoms with Gasteiger partial charge in [0.25, 0.3) is 0 Å². The molecular formula is C14H18BrNO3S2. The van der Waals surface area contributed by atoms with Crippen molar-refractivity contribution >= 4 is 43.4 Å². The Balaban J connectivity index is 1.93. The van der Waals surface area contributed by atoms with E-state index < -0.39 is 9.84 Å². The van der Waals surface area contributed by atoms with Crippen LogP contribution in [0.1, 0.15) is 13.3 Å². The molecule has 0 saturated carbocycles. The number of sulfone groups is 1. The van der Waals surface area contributed by atoms with Crippen LogP contribution in [0.15, 0.2) is 33.6 Å². The Morgan fingerprint density at radius 1 is 1.38 bits per heavy atom. The maximum atomic E-state index is 12.3. The third-order valence-corrected chi connectivity index (χ3v) is 6.76. The molecule has 0 aromatic heterocycles. The van der Waals surface area contributed by atoms with E-state index in [1.54, 1.807) is 4.90 Å². The molecule has 0 N–H and O–H groups in total. The molecule has 116 valence electrons. The summed E-state index contributed by atoms with van der Waals surface area (Å²) in [5.74, 6) is 0.649. The Hall–Kier alpha value is -0.530. The zero-order valence-corrected chi connectivity index (χ0v) is 15.0. The summed E-state index contributed by atoms with van der Waals surface area (Å²) in [6.07, 6.45) is 0.560. The lowest BCUT2D eigenvalue weighted by Crippen LogP contribution is -2.41. The van der Waals surface area contributed by atoms with Gasteiger partial charge < -0.3 is 4.90 Å². The van der Waals surface area contributed by atoms with Crippen LogP contribution in [0.25, 0.3) is 0 Å². The molecule has 0 spiro atoms. The number of halogens is 1. The fraction of sp³-hybridized carbons (Fsp3) is 0.500. The van der Waals surface area contributed by atoms with Gasteiger partial charge in [0.15, 0.2) is 9.84 Å². The summed E-state index contributed by atoms with van der Waals surface area (Å²) in [5.41, 5.74) is 0. The number of nitrogens with zero attached hydrogens (tertiary/aromatic N) is 1. The summed E-state index contributed by atoms with van der Waals surface area (Å²) in [5, 5.41) is 0. The molecule has 2 rings (SSSR count). The first-order valence-electron chi connectivity index (χ1n) is 6.79. The fourth-order valence-corrected chi connectivity index (χ4v) is 5.20. The summed E-state index contributed by atoms with van der Waals surface area (Å²) in [4.78, 5) is 15.0. The lowest BCUT2D eigenvalue weighted by molar-refractivity contribution is -0.129. The monoisotopic (exact) mass is 391 g/mol. The van der Waals surface area contributed by atoms with Gasteiger partial charge in [-0.2, -0.15) is 0 Å². The van der Waals surface area contributed by atoms with E-state index in [-0.39, 0.29) is 23.5 Å². The molecule has 0 radical (unpaired) electrons. The van der Waals surface area contributed by atoms with E-state index in [2.05, 4.69) is 15.9 Å². The summed E-state index contributed by atoms with van der Waals surface area (Å²) in [6, 6.07) is 7.64. The summed E-state index contributed by atoms with van der Waals surface area (Å²) < 4.78 is 24.1. The van der Waals surface area contributed by atoms with Gasteiger partial charge in [0.2, 0.25) is 5.91 Å². The second-order valence-corrected chi connectivity index (χ2v) is 9.17. The van der Waals surface area contributed by atoms with Crippen LogP contribution >= 0.6 is 27.7 Å². The number of carbonyl (C=O) groups excluding carboxylic acids is 1. The molecule has 1 saturated heterocycles. The highest BCUT2D eigenvalue weighted by molar-refractivity contribution is 9.10. The molecule has 1 aliphatic heterocycles. The molecule has 1 aliphatic rings. The summed E-state index contributed by atoms with van der Waals surface area (Å²) in [6.45, 7) is 2.45. The van der Waals surface area contributed by atoms with Crippen LogP contribution in [0, 0.1) is 0 Å². The average Bonchev–Trinajstić information content (AvgIpc) is 2.79. The number of carbonyl (C=O) groups is 1. The predicted octanol–water partition coefficient (Wildman–Crippen LogP) is 2.58. The van der Waals surface area contributed by atoms with E-state index in [1.807, 2.05) is 31.2 Å². The highest BCUT2D eigenvalue weighted by Gasteiger charge is 2.33. The second kappa shape index (κ2) is 7.15. The lowest BCUT2D eigenvalue weighted by atomic mass is 10.2. The van der Waals surface area contributed by atoms with Gasteiger partial charge in [-0.3, -0.25) is 4.79 Å². The highest BCUT2D eigenvalue weighted by Crippen LogP contribution is 2.23. The Bertz CT molecular complexity index is 601. The van der Waals surface area contributed by atoms with E-state index >= 15 is 0 Å². The van der Waals surface area contributed by atoms with E-state index in [0.717, 1.165) is 9.37 Å². The Labute approximate surface area is 138 Å². The largest absolute Gasteiger partial charge is 0.338 e. The van der Waals surface area contributed by atoms with E-state index in [0.29, 0.717) is 18.7 Å². The molecule has 1 amide bonds. The minimum absolute atomic E-state index is 0.00696. The smallest absolute Gasteiger partial charge is 0.233 e. The van der Waals surface area contributed by atoms with Gasteiger partial charge in [-0.25, -0.2) is 8.42 Å². The van der Waals surface area contributed by atoms with Gasteiger partial charge in [0.05, 0.1) is 17.3 Å².